The van der Waals surface area contributed by atoms with E-state index in [9.17, 15) is 14.0 Å². The fraction of sp³-hybridized carbons (Fsp3) is 0.286. The maximum absolute atomic E-state index is 13.0. The average Bonchev–Trinajstić information content (AvgIpc) is 2.73. The summed E-state index contributed by atoms with van der Waals surface area (Å²) in [5.41, 5.74) is 1.19. The molecule has 0 aliphatic rings. The number of benzene rings is 2. The van der Waals surface area contributed by atoms with Crippen molar-refractivity contribution in [1.29, 1.82) is 0 Å². The van der Waals surface area contributed by atoms with Gasteiger partial charge in [0.15, 0.2) is 5.16 Å². The molecule has 0 saturated heterocycles. The first-order chi connectivity index (χ1) is 14.4. The second-order valence-corrected chi connectivity index (χ2v) is 8.83. The Hall–Kier alpha value is -2.23. The lowest BCUT2D eigenvalue weighted by molar-refractivity contribution is -0.120. The Balaban J connectivity index is 1.80. The van der Waals surface area contributed by atoms with Gasteiger partial charge in [0.25, 0.3) is 5.56 Å². The van der Waals surface area contributed by atoms with Crippen molar-refractivity contribution in [3.8, 4) is 0 Å². The summed E-state index contributed by atoms with van der Waals surface area (Å²) in [6.07, 6.45) is 0. The molecule has 0 saturated carbocycles. The molecule has 1 aromatic heterocycles. The van der Waals surface area contributed by atoms with Gasteiger partial charge in [0.2, 0.25) is 5.91 Å². The molecule has 0 fully saturated rings. The van der Waals surface area contributed by atoms with E-state index in [1.54, 1.807) is 38.3 Å². The van der Waals surface area contributed by atoms with Gasteiger partial charge >= 0.3 is 0 Å². The number of ether oxygens (including phenoxy) is 1. The number of amides is 1. The standard InChI is InChI=1S/C21H21BrFN3O3S/c1-13(19(27)24-12-14-3-6-16(23)7-4-14)30-21-25-18-8-5-15(22)11-17(18)20(28)26(21)9-10-29-2/h3-8,11,13H,9-10,12H2,1-2H3,(H,24,27). The Morgan fingerprint density at radius 1 is 1.30 bits per heavy atom. The molecule has 6 nitrogen and oxygen atoms in total. The minimum absolute atomic E-state index is 0.181. The smallest absolute Gasteiger partial charge is 0.262 e. The predicted octanol–water partition coefficient (Wildman–Crippen LogP) is 3.74. The SMILES string of the molecule is COCCn1c(SC(C)C(=O)NCc2ccc(F)cc2)nc2ccc(Br)cc2c1=O. The van der Waals surface area contributed by atoms with E-state index in [1.807, 2.05) is 6.07 Å². The fourth-order valence-corrected chi connectivity index (χ4v) is 4.11. The molecule has 1 amide bonds. The van der Waals surface area contributed by atoms with Crippen LogP contribution in [0.5, 0.6) is 0 Å². The van der Waals surface area contributed by atoms with Crippen molar-refractivity contribution in [3.63, 3.8) is 0 Å². The molecule has 158 valence electrons. The molecule has 0 bridgehead atoms. The first-order valence-electron chi connectivity index (χ1n) is 9.27. The van der Waals surface area contributed by atoms with Gasteiger partial charge in [-0.2, -0.15) is 0 Å². The van der Waals surface area contributed by atoms with Crippen LogP contribution in [-0.4, -0.2) is 34.4 Å². The number of hydrogen-bond acceptors (Lipinski definition) is 5. The first-order valence-corrected chi connectivity index (χ1v) is 10.9. The summed E-state index contributed by atoms with van der Waals surface area (Å²) in [4.78, 5) is 30.2. The maximum atomic E-state index is 13.0. The molecule has 1 unspecified atom stereocenters. The number of rotatable bonds is 8. The quantitative estimate of drug-likeness (QED) is 0.382. The Labute approximate surface area is 186 Å². The van der Waals surface area contributed by atoms with Crippen molar-refractivity contribution in [1.82, 2.24) is 14.9 Å². The lowest BCUT2D eigenvalue weighted by Gasteiger charge is -2.16. The van der Waals surface area contributed by atoms with Crippen molar-refractivity contribution in [2.75, 3.05) is 13.7 Å². The molecule has 0 spiro atoms. The van der Waals surface area contributed by atoms with E-state index in [-0.39, 0.29) is 17.3 Å². The molecule has 0 radical (unpaired) electrons. The van der Waals surface area contributed by atoms with Gasteiger partial charge < -0.3 is 10.1 Å². The highest BCUT2D eigenvalue weighted by molar-refractivity contribution is 9.10. The highest BCUT2D eigenvalue weighted by Gasteiger charge is 2.19. The molecular formula is C21H21BrFN3O3S. The summed E-state index contributed by atoms with van der Waals surface area (Å²) in [5, 5.41) is 3.30. The van der Waals surface area contributed by atoms with Crippen LogP contribution in [0.4, 0.5) is 4.39 Å². The fourth-order valence-electron chi connectivity index (χ4n) is 2.79. The maximum Gasteiger partial charge on any atom is 0.262 e. The first kappa shape index (κ1) is 22.5. The minimum Gasteiger partial charge on any atom is -0.383 e. The molecule has 9 heteroatoms. The van der Waals surface area contributed by atoms with Gasteiger partial charge in [0.1, 0.15) is 5.82 Å². The molecular weight excluding hydrogens is 473 g/mol. The van der Waals surface area contributed by atoms with Crippen LogP contribution in [0.25, 0.3) is 10.9 Å². The molecule has 1 atom stereocenters. The van der Waals surface area contributed by atoms with Crippen LogP contribution in [0.15, 0.2) is 56.9 Å². The zero-order valence-electron chi connectivity index (χ0n) is 16.5. The Kier molecular flexibility index (Phi) is 7.63. The Morgan fingerprint density at radius 2 is 2.03 bits per heavy atom. The number of methoxy groups -OCH3 is 1. The molecule has 0 aliphatic carbocycles. The summed E-state index contributed by atoms with van der Waals surface area (Å²) >= 11 is 4.59. The van der Waals surface area contributed by atoms with E-state index >= 15 is 0 Å². The van der Waals surface area contributed by atoms with Crippen LogP contribution >= 0.6 is 27.7 Å². The molecule has 1 heterocycles. The molecule has 3 aromatic rings. The highest BCUT2D eigenvalue weighted by atomic mass is 79.9. The Bertz CT molecular complexity index is 1110. The van der Waals surface area contributed by atoms with Gasteiger partial charge in [0.05, 0.1) is 29.3 Å². The van der Waals surface area contributed by atoms with Gasteiger partial charge in [-0.3, -0.25) is 14.2 Å². The van der Waals surface area contributed by atoms with Crippen molar-refractivity contribution in [2.45, 2.75) is 30.4 Å². The molecule has 0 aliphatic heterocycles. The van der Waals surface area contributed by atoms with Gasteiger partial charge in [0, 0.05) is 18.1 Å². The molecule has 30 heavy (non-hydrogen) atoms. The zero-order valence-corrected chi connectivity index (χ0v) is 18.9. The van der Waals surface area contributed by atoms with Crippen LogP contribution in [0.1, 0.15) is 12.5 Å². The van der Waals surface area contributed by atoms with Crippen LogP contribution in [0.3, 0.4) is 0 Å². The third kappa shape index (κ3) is 5.47. The summed E-state index contributed by atoms with van der Waals surface area (Å²) in [6.45, 7) is 2.72. The summed E-state index contributed by atoms with van der Waals surface area (Å²) < 4.78 is 20.5. The van der Waals surface area contributed by atoms with E-state index in [0.717, 1.165) is 10.0 Å². The minimum atomic E-state index is -0.487. The number of thioether (sulfide) groups is 1. The van der Waals surface area contributed by atoms with Gasteiger partial charge in [-0.1, -0.05) is 39.8 Å². The zero-order chi connectivity index (χ0) is 21.7. The van der Waals surface area contributed by atoms with Crippen LogP contribution in [-0.2, 0) is 22.6 Å². The summed E-state index contributed by atoms with van der Waals surface area (Å²) in [7, 11) is 1.56. The number of nitrogens with one attached hydrogen (secondary N) is 1. The van der Waals surface area contributed by atoms with E-state index in [2.05, 4.69) is 26.2 Å². The third-order valence-corrected chi connectivity index (χ3v) is 6.01. The highest BCUT2D eigenvalue weighted by Crippen LogP contribution is 2.24. The van der Waals surface area contributed by atoms with Gasteiger partial charge in [-0.15, -0.1) is 0 Å². The predicted molar refractivity (Wildman–Crippen MR) is 119 cm³/mol. The van der Waals surface area contributed by atoms with Gasteiger partial charge in [-0.05, 0) is 42.8 Å². The Morgan fingerprint density at radius 3 is 2.73 bits per heavy atom. The van der Waals surface area contributed by atoms with Crippen molar-refractivity contribution >= 4 is 44.5 Å². The van der Waals surface area contributed by atoms with Crippen molar-refractivity contribution < 1.29 is 13.9 Å². The number of carbonyl (C=O) groups is 1. The second-order valence-electron chi connectivity index (χ2n) is 6.61. The van der Waals surface area contributed by atoms with Crippen LogP contribution < -0.4 is 10.9 Å². The normalized spacial score (nSPS) is 12.1. The number of aromatic nitrogens is 2. The monoisotopic (exact) mass is 493 g/mol. The van der Waals surface area contributed by atoms with E-state index < -0.39 is 5.25 Å². The number of fused-ring (bicyclic) bond motifs is 1. The molecule has 1 N–H and O–H groups in total. The largest absolute Gasteiger partial charge is 0.383 e. The number of hydrogen-bond donors (Lipinski definition) is 1. The topological polar surface area (TPSA) is 73.2 Å². The molecule has 3 rings (SSSR count). The molecule has 2 aromatic carbocycles. The lowest BCUT2D eigenvalue weighted by Crippen LogP contribution is -2.32. The number of nitrogens with zero attached hydrogens (tertiary/aromatic N) is 2. The van der Waals surface area contributed by atoms with E-state index in [1.165, 1.54) is 28.5 Å². The number of halogens is 2. The van der Waals surface area contributed by atoms with E-state index in [4.69, 9.17) is 4.74 Å². The third-order valence-electron chi connectivity index (χ3n) is 4.43. The summed E-state index contributed by atoms with van der Waals surface area (Å²) in [6, 6.07) is 11.3. The summed E-state index contributed by atoms with van der Waals surface area (Å²) in [5.74, 6) is -0.523. The van der Waals surface area contributed by atoms with Gasteiger partial charge in [-0.25, -0.2) is 9.37 Å². The van der Waals surface area contributed by atoms with Crippen molar-refractivity contribution in [2.24, 2.45) is 0 Å². The van der Waals surface area contributed by atoms with E-state index in [0.29, 0.717) is 35.8 Å². The number of carbonyl (C=O) groups excluding carboxylic acids is 1. The second kappa shape index (κ2) is 10.2. The average molecular weight is 494 g/mol. The lowest BCUT2D eigenvalue weighted by atomic mass is 10.2. The van der Waals surface area contributed by atoms with Crippen LogP contribution in [0.2, 0.25) is 0 Å². The van der Waals surface area contributed by atoms with Crippen LogP contribution in [0, 0.1) is 5.82 Å². The van der Waals surface area contributed by atoms with Crippen molar-refractivity contribution in [3.05, 3.63) is 68.7 Å².